The van der Waals surface area contributed by atoms with Crippen molar-refractivity contribution in [1.82, 2.24) is 9.55 Å². The summed E-state index contributed by atoms with van der Waals surface area (Å²) < 4.78 is 2.52. The molecule has 1 aromatic carbocycles. The first-order valence-corrected chi connectivity index (χ1v) is 8.95. The van der Waals surface area contributed by atoms with Crippen molar-refractivity contribution in [3.05, 3.63) is 56.8 Å². The van der Waals surface area contributed by atoms with E-state index in [4.69, 9.17) is 28.9 Å². The number of rotatable bonds is 3. The van der Waals surface area contributed by atoms with Crippen LogP contribution in [-0.2, 0) is 4.79 Å². The summed E-state index contributed by atoms with van der Waals surface area (Å²) in [5.74, 6) is 0.336. The lowest BCUT2D eigenvalue weighted by Crippen LogP contribution is -2.17. The molecule has 1 aromatic heterocycles. The van der Waals surface area contributed by atoms with Gasteiger partial charge in [0.25, 0.3) is 5.91 Å². The van der Waals surface area contributed by atoms with Crippen molar-refractivity contribution < 1.29 is 4.79 Å². The van der Waals surface area contributed by atoms with Gasteiger partial charge in [0, 0.05) is 33.4 Å². The molecule has 1 amide bonds. The van der Waals surface area contributed by atoms with Gasteiger partial charge in [-0.2, -0.15) is 0 Å². The minimum atomic E-state index is -0.476. The molecule has 2 heterocycles. The van der Waals surface area contributed by atoms with Gasteiger partial charge in [0.2, 0.25) is 0 Å². The fourth-order valence-corrected chi connectivity index (χ4v) is 5.75. The molecule has 0 saturated carbocycles. The van der Waals surface area contributed by atoms with Gasteiger partial charge >= 0.3 is 0 Å². The third-order valence-corrected chi connectivity index (χ3v) is 6.60. The zero-order valence-corrected chi connectivity index (χ0v) is 14.3. The quantitative estimate of drug-likeness (QED) is 0.827. The number of aromatic nitrogens is 2. The van der Waals surface area contributed by atoms with Gasteiger partial charge in [-0.3, -0.25) is 9.36 Å². The molecule has 1 atom stereocenters. The van der Waals surface area contributed by atoms with Crippen LogP contribution in [0.3, 0.4) is 0 Å². The molecule has 0 spiro atoms. The maximum atomic E-state index is 11.8. The zero-order chi connectivity index (χ0) is 15.7. The van der Waals surface area contributed by atoms with Crippen molar-refractivity contribution in [2.75, 3.05) is 5.75 Å². The van der Waals surface area contributed by atoms with E-state index in [1.807, 2.05) is 12.1 Å². The fraction of sp³-hybridized carbons (Fsp3) is 0.143. The Kier molecular flexibility index (Phi) is 4.73. The number of halogens is 2. The average molecular weight is 372 g/mol. The second-order valence-electron chi connectivity index (χ2n) is 4.55. The molecule has 0 aliphatic carbocycles. The van der Waals surface area contributed by atoms with Crippen molar-refractivity contribution in [2.24, 2.45) is 5.73 Å². The van der Waals surface area contributed by atoms with E-state index in [0.29, 0.717) is 15.7 Å². The van der Waals surface area contributed by atoms with E-state index in [1.165, 1.54) is 0 Å². The van der Waals surface area contributed by atoms with Crippen LogP contribution in [0.25, 0.3) is 5.70 Å². The maximum Gasteiger partial charge on any atom is 0.267 e. The van der Waals surface area contributed by atoms with Gasteiger partial charge in [0.15, 0.2) is 0 Å². The summed E-state index contributed by atoms with van der Waals surface area (Å²) in [6, 6.07) is 5.48. The molecule has 1 saturated heterocycles. The lowest BCUT2D eigenvalue weighted by atomic mass is 10.2. The highest BCUT2D eigenvalue weighted by Gasteiger charge is 2.29. The van der Waals surface area contributed by atoms with Crippen LogP contribution in [0.1, 0.15) is 10.8 Å². The van der Waals surface area contributed by atoms with Crippen LogP contribution >= 0.6 is 46.7 Å². The lowest BCUT2D eigenvalue weighted by Gasteiger charge is -2.11. The summed E-state index contributed by atoms with van der Waals surface area (Å²) in [4.78, 5) is 15.7. The number of carbonyl (C=O) groups excluding carboxylic acids is 1. The van der Waals surface area contributed by atoms with E-state index in [-0.39, 0.29) is 5.25 Å². The first kappa shape index (κ1) is 15.8. The standard InChI is InChI=1S/C14H11Cl2N3OS2/c15-8-1-2-9(10(16)5-8)11-6-21-14(22-11)12(13(17)20)19-4-3-18-7-19/h1-5,7,11H,6H2,(H2,17,20)/t11-/m1/s1. The van der Waals surface area contributed by atoms with E-state index in [2.05, 4.69) is 4.98 Å². The lowest BCUT2D eigenvalue weighted by molar-refractivity contribution is -0.113. The van der Waals surface area contributed by atoms with Crippen molar-refractivity contribution >= 4 is 58.3 Å². The van der Waals surface area contributed by atoms with Crippen LogP contribution in [0, 0.1) is 0 Å². The van der Waals surface area contributed by atoms with Crippen molar-refractivity contribution in [2.45, 2.75) is 5.25 Å². The monoisotopic (exact) mass is 371 g/mol. The SMILES string of the molecule is NC(=O)C(=C1SC[C@H](c2ccc(Cl)cc2Cl)S1)n1ccnc1. The molecule has 2 N–H and O–H groups in total. The molecule has 0 unspecified atom stereocenters. The van der Waals surface area contributed by atoms with Crippen molar-refractivity contribution in [3.63, 3.8) is 0 Å². The number of thioether (sulfide) groups is 2. The number of imidazole rings is 1. The molecule has 2 aromatic rings. The summed E-state index contributed by atoms with van der Waals surface area (Å²) in [7, 11) is 0. The van der Waals surface area contributed by atoms with Crippen LogP contribution in [-0.4, -0.2) is 21.2 Å². The molecule has 0 radical (unpaired) electrons. The summed E-state index contributed by atoms with van der Waals surface area (Å²) in [6.45, 7) is 0. The van der Waals surface area contributed by atoms with Crippen molar-refractivity contribution in [1.29, 1.82) is 0 Å². The van der Waals surface area contributed by atoms with E-state index in [0.717, 1.165) is 15.6 Å². The van der Waals surface area contributed by atoms with Gasteiger partial charge in [-0.15, -0.1) is 23.5 Å². The Morgan fingerprint density at radius 2 is 2.23 bits per heavy atom. The van der Waals surface area contributed by atoms with Crippen LogP contribution in [0.4, 0.5) is 0 Å². The number of hydrogen-bond donors (Lipinski definition) is 1. The van der Waals surface area contributed by atoms with Gasteiger partial charge < -0.3 is 5.73 Å². The van der Waals surface area contributed by atoms with Gasteiger partial charge in [0.05, 0.1) is 10.6 Å². The first-order chi connectivity index (χ1) is 10.6. The van der Waals surface area contributed by atoms with Gasteiger partial charge in [-0.05, 0) is 17.7 Å². The topological polar surface area (TPSA) is 60.9 Å². The Morgan fingerprint density at radius 1 is 1.41 bits per heavy atom. The molecular formula is C14H11Cl2N3OS2. The average Bonchev–Trinajstić information content (AvgIpc) is 3.11. The van der Waals surface area contributed by atoms with Gasteiger partial charge in [-0.1, -0.05) is 29.3 Å². The van der Waals surface area contributed by atoms with E-state index >= 15 is 0 Å². The van der Waals surface area contributed by atoms with Crippen molar-refractivity contribution in [3.8, 4) is 0 Å². The highest BCUT2D eigenvalue weighted by atomic mass is 35.5. The molecular weight excluding hydrogens is 361 g/mol. The predicted molar refractivity (Wildman–Crippen MR) is 93.9 cm³/mol. The van der Waals surface area contributed by atoms with Gasteiger partial charge in [-0.25, -0.2) is 4.98 Å². The molecule has 1 fully saturated rings. The minimum Gasteiger partial charge on any atom is -0.364 e. The molecule has 1 aliphatic heterocycles. The molecule has 1 aliphatic rings. The molecule has 114 valence electrons. The Bertz CT molecular complexity index is 747. The Labute approximate surface area is 146 Å². The minimum absolute atomic E-state index is 0.155. The van der Waals surface area contributed by atoms with E-state index in [9.17, 15) is 4.79 Å². The summed E-state index contributed by atoms with van der Waals surface area (Å²) >= 11 is 15.4. The smallest absolute Gasteiger partial charge is 0.267 e. The zero-order valence-electron chi connectivity index (χ0n) is 11.2. The normalized spacial score (nSPS) is 20.2. The third kappa shape index (κ3) is 3.15. The third-order valence-electron chi connectivity index (χ3n) is 3.11. The van der Waals surface area contributed by atoms with Gasteiger partial charge in [0.1, 0.15) is 5.70 Å². The Balaban J connectivity index is 1.93. The van der Waals surface area contributed by atoms with Crippen LogP contribution in [0.2, 0.25) is 10.0 Å². The maximum absolute atomic E-state index is 11.8. The number of primary amides is 1. The number of nitrogens with zero attached hydrogens (tertiary/aromatic N) is 2. The summed E-state index contributed by atoms with van der Waals surface area (Å²) in [5, 5.41) is 1.40. The summed E-state index contributed by atoms with van der Waals surface area (Å²) in [6.07, 6.45) is 4.88. The number of amides is 1. The highest BCUT2D eigenvalue weighted by molar-refractivity contribution is 8.25. The van der Waals surface area contributed by atoms with E-state index in [1.54, 1.807) is 52.9 Å². The Morgan fingerprint density at radius 3 is 2.86 bits per heavy atom. The van der Waals surface area contributed by atoms with Crippen LogP contribution < -0.4 is 5.73 Å². The largest absolute Gasteiger partial charge is 0.364 e. The number of carbonyl (C=O) groups is 1. The van der Waals surface area contributed by atoms with E-state index < -0.39 is 5.91 Å². The molecule has 3 rings (SSSR count). The second-order valence-corrected chi connectivity index (χ2v) is 7.90. The summed E-state index contributed by atoms with van der Waals surface area (Å²) in [5.41, 5.74) is 6.98. The second kappa shape index (κ2) is 6.58. The first-order valence-electron chi connectivity index (χ1n) is 6.33. The predicted octanol–water partition coefficient (Wildman–Crippen LogP) is 4.02. The fourth-order valence-electron chi connectivity index (χ4n) is 2.11. The highest BCUT2D eigenvalue weighted by Crippen LogP contribution is 2.53. The molecule has 22 heavy (non-hydrogen) atoms. The molecule has 8 heteroatoms. The number of nitrogens with two attached hydrogens (primary N) is 1. The molecule has 4 nitrogen and oxygen atoms in total. The van der Waals surface area contributed by atoms with Crippen LogP contribution in [0.15, 0.2) is 41.2 Å². The number of hydrogen-bond acceptors (Lipinski definition) is 4. The Hall–Kier alpha value is -1.08. The molecule has 0 bridgehead atoms. The van der Waals surface area contributed by atoms with Crippen LogP contribution in [0.5, 0.6) is 0 Å². The number of benzene rings is 1.